The number of nitrogens with zero attached hydrogens (tertiary/aromatic N) is 1. The molecule has 1 aromatic carbocycles. The molecule has 1 aliphatic rings. The fourth-order valence-corrected chi connectivity index (χ4v) is 3.56. The van der Waals surface area contributed by atoms with Crippen molar-refractivity contribution in [3.8, 4) is 0 Å². The Kier molecular flexibility index (Phi) is 5.01. The van der Waals surface area contributed by atoms with Crippen molar-refractivity contribution in [2.45, 2.75) is 44.6 Å². The Morgan fingerprint density at radius 1 is 1.30 bits per heavy atom. The maximum absolute atomic E-state index is 12.0. The third kappa shape index (κ3) is 3.94. The van der Waals surface area contributed by atoms with Crippen molar-refractivity contribution in [3.63, 3.8) is 0 Å². The van der Waals surface area contributed by atoms with E-state index in [1.165, 1.54) is 32.1 Å². The molecule has 1 aromatic heterocycles. The Morgan fingerprint density at radius 2 is 2.09 bits per heavy atom. The predicted octanol–water partition coefficient (Wildman–Crippen LogP) is 3.30. The van der Waals surface area contributed by atoms with Crippen LogP contribution in [0.5, 0.6) is 0 Å². The van der Waals surface area contributed by atoms with Gasteiger partial charge in [0.1, 0.15) is 0 Å². The summed E-state index contributed by atoms with van der Waals surface area (Å²) >= 11 is 0. The molecule has 1 amide bonds. The molecule has 4 nitrogen and oxygen atoms in total. The number of hydrogen-bond acceptors (Lipinski definition) is 2. The molecule has 3 rings (SSSR count). The zero-order chi connectivity index (χ0) is 16.2. The molecule has 1 saturated carbocycles. The minimum absolute atomic E-state index is 0.0664. The molecule has 1 heterocycles. The van der Waals surface area contributed by atoms with E-state index in [-0.39, 0.29) is 12.5 Å². The van der Waals surface area contributed by atoms with E-state index in [9.17, 15) is 9.90 Å². The summed E-state index contributed by atoms with van der Waals surface area (Å²) < 4.78 is 2.05. The van der Waals surface area contributed by atoms with Crippen LogP contribution in [0.2, 0.25) is 0 Å². The number of nitrogens with one attached hydrogen (secondary N) is 1. The standard InChI is InChI=1S/C19H26N2O2/c1-21-10-9-15-12-16(7-8-17(15)21)18(22)13-20-19(23)11-14-5-3-2-4-6-14/h7-10,12,14,18,22H,2-6,11,13H2,1H3,(H,20,23). The van der Waals surface area contributed by atoms with Gasteiger partial charge in [0.05, 0.1) is 6.10 Å². The van der Waals surface area contributed by atoms with Crippen molar-refractivity contribution < 1.29 is 9.90 Å². The van der Waals surface area contributed by atoms with Gasteiger partial charge in [-0.05, 0) is 47.9 Å². The van der Waals surface area contributed by atoms with Crippen LogP contribution < -0.4 is 5.32 Å². The van der Waals surface area contributed by atoms with E-state index >= 15 is 0 Å². The fourth-order valence-electron chi connectivity index (χ4n) is 3.56. The zero-order valence-electron chi connectivity index (χ0n) is 13.8. The van der Waals surface area contributed by atoms with E-state index < -0.39 is 6.10 Å². The second-order valence-electron chi connectivity index (χ2n) is 6.77. The van der Waals surface area contributed by atoms with Crippen LogP contribution in [0.15, 0.2) is 30.5 Å². The molecular formula is C19H26N2O2. The van der Waals surface area contributed by atoms with Crippen molar-refractivity contribution in [3.05, 3.63) is 36.0 Å². The van der Waals surface area contributed by atoms with E-state index in [0.29, 0.717) is 12.3 Å². The van der Waals surface area contributed by atoms with Crippen LogP contribution in [0.1, 0.15) is 50.2 Å². The molecule has 1 aliphatic carbocycles. The summed E-state index contributed by atoms with van der Waals surface area (Å²) in [7, 11) is 2.00. The van der Waals surface area contributed by atoms with Crippen molar-refractivity contribution in [1.29, 1.82) is 0 Å². The number of aliphatic hydroxyl groups excluding tert-OH is 1. The lowest BCUT2D eigenvalue weighted by Crippen LogP contribution is -2.30. The second-order valence-corrected chi connectivity index (χ2v) is 6.77. The molecule has 124 valence electrons. The molecular weight excluding hydrogens is 288 g/mol. The largest absolute Gasteiger partial charge is 0.387 e. The monoisotopic (exact) mass is 314 g/mol. The van der Waals surface area contributed by atoms with Crippen molar-refractivity contribution >= 4 is 16.8 Å². The Morgan fingerprint density at radius 3 is 2.87 bits per heavy atom. The molecule has 0 bridgehead atoms. The van der Waals surface area contributed by atoms with Crippen molar-refractivity contribution in [2.24, 2.45) is 13.0 Å². The average molecular weight is 314 g/mol. The van der Waals surface area contributed by atoms with E-state index in [1.54, 1.807) is 0 Å². The van der Waals surface area contributed by atoms with Crippen molar-refractivity contribution in [1.82, 2.24) is 9.88 Å². The summed E-state index contributed by atoms with van der Waals surface area (Å²) in [5, 5.41) is 14.3. The number of hydrogen-bond donors (Lipinski definition) is 2. The number of aryl methyl sites for hydroxylation is 1. The number of carbonyl (C=O) groups is 1. The highest BCUT2D eigenvalue weighted by Gasteiger charge is 2.18. The normalized spacial score (nSPS) is 17.3. The Labute approximate surface area is 137 Å². The Balaban J connectivity index is 1.53. The summed E-state index contributed by atoms with van der Waals surface area (Å²) in [5.41, 5.74) is 1.99. The van der Waals surface area contributed by atoms with Crippen LogP contribution in [0.3, 0.4) is 0 Å². The van der Waals surface area contributed by atoms with E-state index in [2.05, 4.69) is 9.88 Å². The summed E-state index contributed by atoms with van der Waals surface area (Å²) in [6.07, 6.45) is 8.09. The van der Waals surface area contributed by atoms with Crippen LogP contribution >= 0.6 is 0 Å². The molecule has 0 spiro atoms. The average Bonchev–Trinajstić information content (AvgIpc) is 2.94. The highest BCUT2D eigenvalue weighted by molar-refractivity contribution is 5.81. The van der Waals surface area contributed by atoms with Crippen LogP contribution in [-0.2, 0) is 11.8 Å². The van der Waals surface area contributed by atoms with Gasteiger partial charge < -0.3 is 15.0 Å². The number of amides is 1. The number of aromatic nitrogens is 1. The third-order valence-electron chi connectivity index (χ3n) is 4.99. The van der Waals surface area contributed by atoms with E-state index in [1.807, 2.05) is 37.5 Å². The number of rotatable bonds is 5. The smallest absolute Gasteiger partial charge is 0.220 e. The van der Waals surface area contributed by atoms with Crippen LogP contribution in [0.25, 0.3) is 10.9 Å². The van der Waals surface area contributed by atoms with Gasteiger partial charge in [0.2, 0.25) is 5.91 Å². The third-order valence-corrected chi connectivity index (χ3v) is 4.99. The lowest BCUT2D eigenvalue weighted by molar-refractivity contribution is -0.122. The summed E-state index contributed by atoms with van der Waals surface area (Å²) in [5.74, 6) is 0.596. The first-order valence-corrected chi connectivity index (χ1v) is 8.63. The lowest BCUT2D eigenvalue weighted by Gasteiger charge is -2.21. The molecule has 0 saturated heterocycles. The molecule has 1 unspecified atom stereocenters. The number of carbonyl (C=O) groups excluding carboxylic acids is 1. The summed E-state index contributed by atoms with van der Waals surface area (Å²) in [6.45, 7) is 0.282. The number of benzene rings is 1. The predicted molar refractivity (Wildman–Crippen MR) is 92.1 cm³/mol. The molecule has 2 N–H and O–H groups in total. The van der Waals surface area contributed by atoms with Crippen LogP contribution in [-0.4, -0.2) is 22.1 Å². The minimum atomic E-state index is -0.657. The molecule has 23 heavy (non-hydrogen) atoms. The summed E-state index contributed by atoms with van der Waals surface area (Å²) in [4.78, 5) is 12.0. The topological polar surface area (TPSA) is 54.3 Å². The second kappa shape index (κ2) is 7.18. The molecule has 4 heteroatoms. The van der Waals surface area contributed by atoms with Crippen LogP contribution in [0.4, 0.5) is 0 Å². The minimum Gasteiger partial charge on any atom is -0.387 e. The molecule has 2 aromatic rings. The van der Waals surface area contributed by atoms with Gasteiger partial charge in [-0.15, -0.1) is 0 Å². The Bertz CT molecular complexity index is 671. The highest BCUT2D eigenvalue weighted by Crippen LogP contribution is 2.26. The van der Waals surface area contributed by atoms with Gasteiger partial charge in [0.25, 0.3) is 0 Å². The molecule has 1 atom stereocenters. The quantitative estimate of drug-likeness (QED) is 0.889. The molecule has 1 fully saturated rings. The van der Waals surface area contributed by atoms with E-state index in [4.69, 9.17) is 0 Å². The zero-order valence-corrected chi connectivity index (χ0v) is 13.8. The highest BCUT2D eigenvalue weighted by atomic mass is 16.3. The van der Waals surface area contributed by atoms with Crippen molar-refractivity contribution in [2.75, 3.05) is 6.54 Å². The maximum Gasteiger partial charge on any atom is 0.220 e. The van der Waals surface area contributed by atoms with Gasteiger partial charge in [-0.3, -0.25) is 4.79 Å². The first-order chi connectivity index (χ1) is 11.1. The fraction of sp³-hybridized carbons (Fsp3) is 0.526. The molecule has 0 radical (unpaired) electrons. The Hall–Kier alpha value is -1.81. The first-order valence-electron chi connectivity index (χ1n) is 8.63. The van der Waals surface area contributed by atoms with Gasteiger partial charge >= 0.3 is 0 Å². The summed E-state index contributed by atoms with van der Waals surface area (Å²) in [6, 6.07) is 7.97. The maximum atomic E-state index is 12.0. The van der Waals surface area contributed by atoms with Gasteiger partial charge in [-0.2, -0.15) is 0 Å². The van der Waals surface area contributed by atoms with Gasteiger partial charge in [-0.1, -0.05) is 25.3 Å². The van der Waals surface area contributed by atoms with Gasteiger partial charge in [0.15, 0.2) is 0 Å². The first kappa shape index (κ1) is 16.1. The van der Waals surface area contributed by atoms with Gasteiger partial charge in [-0.25, -0.2) is 0 Å². The van der Waals surface area contributed by atoms with Crippen LogP contribution in [0, 0.1) is 5.92 Å². The van der Waals surface area contributed by atoms with Gasteiger partial charge in [0, 0.05) is 31.7 Å². The number of fused-ring (bicyclic) bond motifs is 1. The number of aliphatic hydroxyl groups is 1. The molecule has 0 aliphatic heterocycles. The SMILES string of the molecule is Cn1ccc2cc(C(O)CNC(=O)CC3CCCCC3)ccc21. The lowest BCUT2D eigenvalue weighted by atomic mass is 9.87. The van der Waals surface area contributed by atoms with E-state index in [0.717, 1.165) is 16.5 Å².